The molecule has 0 saturated heterocycles. The first kappa shape index (κ1) is 14.7. The second-order valence-electron chi connectivity index (χ2n) is 4.58. The molecule has 1 unspecified atom stereocenters. The fourth-order valence-corrected chi connectivity index (χ4v) is 1.87. The summed E-state index contributed by atoms with van der Waals surface area (Å²) in [5, 5.41) is 12.6. The SMILES string of the molecule is NC(=O)c1ccc(C(=O)NCC(O)c2ccccc2)cc1. The van der Waals surface area contributed by atoms with Crippen molar-refractivity contribution in [1.82, 2.24) is 5.32 Å². The Morgan fingerprint density at radius 3 is 2.14 bits per heavy atom. The lowest BCUT2D eigenvalue weighted by atomic mass is 10.1. The van der Waals surface area contributed by atoms with Crippen LogP contribution in [-0.2, 0) is 0 Å². The molecule has 108 valence electrons. The van der Waals surface area contributed by atoms with E-state index in [0.29, 0.717) is 11.1 Å². The van der Waals surface area contributed by atoms with Gasteiger partial charge in [-0.05, 0) is 29.8 Å². The Morgan fingerprint density at radius 2 is 1.57 bits per heavy atom. The molecule has 0 aliphatic heterocycles. The van der Waals surface area contributed by atoms with Gasteiger partial charge in [-0.3, -0.25) is 9.59 Å². The average Bonchev–Trinajstić information content (AvgIpc) is 2.53. The molecule has 1 atom stereocenters. The number of nitrogens with two attached hydrogens (primary N) is 1. The summed E-state index contributed by atoms with van der Waals surface area (Å²) in [6.07, 6.45) is -0.764. The van der Waals surface area contributed by atoms with Crippen molar-refractivity contribution in [3.8, 4) is 0 Å². The summed E-state index contributed by atoms with van der Waals surface area (Å²) >= 11 is 0. The highest BCUT2D eigenvalue weighted by Gasteiger charge is 2.11. The van der Waals surface area contributed by atoms with E-state index in [1.807, 2.05) is 18.2 Å². The molecule has 2 rings (SSSR count). The third-order valence-corrected chi connectivity index (χ3v) is 3.07. The Bertz CT molecular complexity index is 624. The molecule has 0 radical (unpaired) electrons. The molecule has 21 heavy (non-hydrogen) atoms. The first-order chi connectivity index (χ1) is 10.1. The van der Waals surface area contributed by atoms with E-state index in [4.69, 9.17) is 5.73 Å². The smallest absolute Gasteiger partial charge is 0.251 e. The zero-order valence-electron chi connectivity index (χ0n) is 11.3. The van der Waals surface area contributed by atoms with Crippen LogP contribution >= 0.6 is 0 Å². The van der Waals surface area contributed by atoms with Crippen molar-refractivity contribution < 1.29 is 14.7 Å². The summed E-state index contributed by atoms with van der Waals surface area (Å²) in [7, 11) is 0. The second-order valence-corrected chi connectivity index (χ2v) is 4.58. The quantitative estimate of drug-likeness (QED) is 0.771. The maximum atomic E-state index is 11.9. The van der Waals surface area contributed by atoms with Gasteiger partial charge in [0.2, 0.25) is 5.91 Å². The molecule has 2 amide bonds. The minimum Gasteiger partial charge on any atom is -0.387 e. The van der Waals surface area contributed by atoms with E-state index in [0.717, 1.165) is 5.56 Å². The fourth-order valence-electron chi connectivity index (χ4n) is 1.87. The summed E-state index contributed by atoms with van der Waals surface area (Å²) in [4.78, 5) is 22.9. The molecule has 5 heteroatoms. The van der Waals surface area contributed by atoms with Crippen LogP contribution in [0, 0.1) is 0 Å². The summed E-state index contributed by atoms with van der Waals surface area (Å²) in [5.74, 6) is -0.859. The predicted molar refractivity (Wildman–Crippen MR) is 78.7 cm³/mol. The van der Waals surface area contributed by atoms with Crippen molar-refractivity contribution in [3.05, 3.63) is 71.3 Å². The topological polar surface area (TPSA) is 92.4 Å². The second kappa shape index (κ2) is 6.67. The number of amides is 2. The molecule has 0 aromatic heterocycles. The van der Waals surface area contributed by atoms with Crippen LogP contribution in [0.5, 0.6) is 0 Å². The van der Waals surface area contributed by atoms with E-state index in [-0.39, 0.29) is 12.5 Å². The van der Waals surface area contributed by atoms with E-state index < -0.39 is 12.0 Å². The third-order valence-electron chi connectivity index (χ3n) is 3.07. The molecular weight excluding hydrogens is 268 g/mol. The van der Waals surface area contributed by atoms with Crippen molar-refractivity contribution >= 4 is 11.8 Å². The highest BCUT2D eigenvalue weighted by Crippen LogP contribution is 2.11. The fraction of sp³-hybridized carbons (Fsp3) is 0.125. The molecule has 2 aromatic carbocycles. The molecular formula is C16H16N2O3. The van der Waals surface area contributed by atoms with Crippen molar-refractivity contribution in [2.24, 2.45) is 5.73 Å². The number of rotatable bonds is 5. The minimum atomic E-state index is -0.764. The van der Waals surface area contributed by atoms with Gasteiger partial charge in [-0.25, -0.2) is 0 Å². The number of carbonyl (C=O) groups excluding carboxylic acids is 2. The van der Waals surface area contributed by atoms with Crippen LogP contribution in [0.1, 0.15) is 32.4 Å². The Labute approximate surface area is 122 Å². The monoisotopic (exact) mass is 284 g/mol. The van der Waals surface area contributed by atoms with Crippen molar-refractivity contribution in [3.63, 3.8) is 0 Å². The van der Waals surface area contributed by atoms with E-state index in [1.165, 1.54) is 24.3 Å². The first-order valence-electron chi connectivity index (χ1n) is 6.49. The largest absolute Gasteiger partial charge is 0.387 e. The molecule has 0 bridgehead atoms. The van der Waals surface area contributed by atoms with Gasteiger partial charge in [0, 0.05) is 17.7 Å². The Hall–Kier alpha value is -2.66. The number of aliphatic hydroxyl groups excluding tert-OH is 1. The number of aliphatic hydroxyl groups is 1. The Morgan fingerprint density at radius 1 is 1.00 bits per heavy atom. The highest BCUT2D eigenvalue weighted by molar-refractivity contribution is 5.97. The Kier molecular flexibility index (Phi) is 4.68. The van der Waals surface area contributed by atoms with Gasteiger partial charge < -0.3 is 16.2 Å². The van der Waals surface area contributed by atoms with Gasteiger partial charge in [0.25, 0.3) is 5.91 Å². The van der Waals surface area contributed by atoms with Crippen LogP contribution in [0.4, 0.5) is 0 Å². The number of primary amides is 1. The summed E-state index contributed by atoms with van der Waals surface area (Å²) in [6.45, 7) is 0.112. The molecule has 0 saturated carbocycles. The van der Waals surface area contributed by atoms with Crippen LogP contribution in [0.15, 0.2) is 54.6 Å². The van der Waals surface area contributed by atoms with Crippen LogP contribution in [0.25, 0.3) is 0 Å². The van der Waals surface area contributed by atoms with Crippen molar-refractivity contribution in [2.45, 2.75) is 6.10 Å². The van der Waals surface area contributed by atoms with Crippen LogP contribution < -0.4 is 11.1 Å². The molecule has 4 N–H and O–H groups in total. The van der Waals surface area contributed by atoms with Gasteiger partial charge in [-0.1, -0.05) is 30.3 Å². The number of nitrogens with one attached hydrogen (secondary N) is 1. The number of hydrogen-bond acceptors (Lipinski definition) is 3. The predicted octanol–water partition coefficient (Wildman–Crippen LogP) is 1.25. The minimum absolute atomic E-state index is 0.112. The number of carbonyl (C=O) groups is 2. The lowest BCUT2D eigenvalue weighted by Gasteiger charge is -2.12. The molecule has 5 nitrogen and oxygen atoms in total. The number of benzene rings is 2. The van der Waals surface area contributed by atoms with Crippen molar-refractivity contribution in [2.75, 3.05) is 6.54 Å². The zero-order chi connectivity index (χ0) is 15.2. The standard InChI is InChI=1S/C16H16N2O3/c17-15(20)12-6-8-13(9-7-12)16(21)18-10-14(19)11-4-2-1-3-5-11/h1-9,14,19H,10H2,(H2,17,20)(H,18,21). The number of hydrogen-bond donors (Lipinski definition) is 3. The van der Waals surface area contributed by atoms with Crippen LogP contribution in [0.3, 0.4) is 0 Å². The maximum absolute atomic E-state index is 11.9. The normalized spacial score (nSPS) is 11.7. The molecule has 2 aromatic rings. The van der Waals surface area contributed by atoms with Gasteiger partial charge >= 0.3 is 0 Å². The van der Waals surface area contributed by atoms with Gasteiger partial charge in [0.1, 0.15) is 0 Å². The summed E-state index contributed by atoms with van der Waals surface area (Å²) < 4.78 is 0. The highest BCUT2D eigenvalue weighted by atomic mass is 16.3. The first-order valence-corrected chi connectivity index (χ1v) is 6.49. The summed E-state index contributed by atoms with van der Waals surface area (Å²) in [6, 6.07) is 15.1. The molecule has 0 aliphatic carbocycles. The molecule has 0 heterocycles. The maximum Gasteiger partial charge on any atom is 0.251 e. The van der Waals surface area contributed by atoms with E-state index in [1.54, 1.807) is 12.1 Å². The molecule has 0 fully saturated rings. The average molecular weight is 284 g/mol. The van der Waals surface area contributed by atoms with E-state index in [9.17, 15) is 14.7 Å². The van der Waals surface area contributed by atoms with Gasteiger partial charge in [0.05, 0.1) is 6.10 Å². The zero-order valence-corrected chi connectivity index (χ0v) is 11.3. The van der Waals surface area contributed by atoms with Crippen LogP contribution in [-0.4, -0.2) is 23.5 Å². The van der Waals surface area contributed by atoms with Gasteiger partial charge in [-0.15, -0.1) is 0 Å². The lowest BCUT2D eigenvalue weighted by Crippen LogP contribution is -2.28. The van der Waals surface area contributed by atoms with Crippen molar-refractivity contribution in [1.29, 1.82) is 0 Å². The van der Waals surface area contributed by atoms with Gasteiger partial charge in [-0.2, -0.15) is 0 Å². The van der Waals surface area contributed by atoms with Crippen LogP contribution in [0.2, 0.25) is 0 Å². The Balaban J connectivity index is 1.94. The van der Waals surface area contributed by atoms with E-state index >= 15 is 0 Å². The third kappa shape index (κ3) is 3.90. The van der Waals surface area contributed by atoms with E-state index in [2.05, 4.69) is 5.32 Å². The van der Waals surface area contributed by atoms with Gasteiger partial charge in [0.15, 0.2) is 0 Å². The molecule has 0 aliphatic rings. The lowest BCUT2D eigenvalue weighted by molar-refractivity contribution is 0.0915. The summed E-state index contributed by atoms with van der Waals surface area (Å²) in [5.41, 5.74) is 6.61. The molecule has 0 spiro atoms.